The van der Waals surface area contributed by atoms with Crippen molar-refractivity contribution in [1.29, 1.82) is 0 Å². The highest BCUT2D eigenvalue weighted by Crippen LogP contribution is 2.06. The summed E-state index contributed by atoms with van der Waals surface area (Å²) in [7, 11) is 3.55. The molecule has 0 bridgehead atoms. The molecule has 0 unspecified atom stereocenters. The number of benzene rings is 1. The number of halogens is 2. The first-order valence-electron chi connectivity index (χ1n) is 8.21. The molecular formula is C17H26FIN6O. The molecule has 1 heterocycles. The molecule has 0 aliphatic carbocycles. The predicted octanol–water partition coefficient (Wildman–Crippen LogP) is 1.80. The molecule has 0 atom stereocenters. The van der Waals surface area contributed by atoms with E-state index < -0.39 is 0 Å². The lowest BCUT2D eigenvalue weighted by atomic mass is 10.1. The lowest BCUT2D eigenvalue weighted by molar-refractivity contribution is 0.203. The van der Waals surface area contributed by atoms with Crippen LogP contribution in [0.25, 0.3) is 0 Å². The molecule has 0 aliphatic rings. The molecule has 0 aliphatic heterocycles. The van der Waals surface area contributed by atoms with Crippen molar-refractivity contribution in [2.75, 3.05) is 26.8 Å². The largest absolute Gasteiger partial charge is 0.383 e. The molecule has 0 radical (unpaired) electrons. The van der Waals surface area contributed by atoms with Crippen molar-refractivity contribution in [2.45, 2.75) is 19.9 Å². The third-order valence-electron chi connectivity index (χ3n) is 3.80. The first-order chi connectivity index (χ1) is 12.1. The van der Waals surface area contributed by atoms with Gasteiger partial charge in [0.25, 0.3) is 0 Å². The van der Waals surface area contributed by atoms with E-state index in [0.29, 0.717) is 44.2 Å². The van der Waals surface area contributed by atoms with E-state index in [1.807, 2.05) is 24.6 Å². The summed E-state index contributed by atoms with van der Waals surface area (Å²) in [5.41, 5.74) is 0.676. The van der Waals surface area contributed by atoms with Crippen LogP contribution in [0.3, 0.4) is 0 Å². The number of rotatable bonds is 8. The van der Waals surface area contributed by atoms with Crippen molar-refractivity contribution >= 4 is 29.9 Å². The molecule has 1 aromatic heterocycles. The van der Waals surface area contributed by atoms with E-state index in [0.717, 1.165) is 11.6 Å². The van der Waals surface area contributed by atoms with E-state index in [-0.39, 0.29) is 29.8 Å². The first kappa shape index (κ1) is 22.3. The van der Waals surface area contributed by atoms with Crippen LogP contribution in [0.2, 0.25) is 0 Å². The van der Waals surface area contributed by atoms with E-state index >= 15 is 0 Å². The van der Waals surface area contributed by atoms with Crippen LogP contribution in [0, 0.1) is 12.7 Å². The summed E-state index contributed by atoms with van der Waals surface area (Å²) in [5, 5.41) is 14.5. The minimum Gasteiger partial charge on any atom is -0.383 e. The van der Waals surface area contributed by atoms with Crippen LogP contribution < -0.4 is 10.6 Å². The zero-order valence-electron chi connectivity index (χ0n) is 15.3. The minimum atomic E-state index is -0.190. The fourth-order valence-electron chi connectivity index (χ4n) is 2.20. The van der Waals surface area contributed by atoms with Crippen LogP contribution in [-0.4, -0.2) is 47.5 Å². The van der Waals surface area contributed by atoms with E-state index in [1.165, 1.54) is 6.07 Å². The summed E-state index contributed by atoms with van der Waals surface area (Å²) in [6.45, 7) is 4.05. The van der Waals surface area contributed by atoms with Gasteiger partial charge < -0.3 is 19.9 Å². The van der Waals surface area contributed by atoms with Crippen LogP contribution >= 0.6 is 24.0 Å². The number of hydrogen-bond donors (Lipinski definition) is 2. The average molecular weight is 476 g/mol. The van der Waals surface area contributed by atoms with Gasteiger partial charge in [-0.15, -0.1) is 34.2 Å². The van der Waals surface area contributed by atoms with Crippen molar-refractivity contribution in [3.05, 3.63) is 47.3 Å². The Morgan fingerprint density at radius 2 is 1.96 bits per heavy atom. The zero-order valence-corrected chi connectivity index (χ0v) is 17.7. The Balaban J connectivity index is 0.00000338. The summed E-state index contributed by atoms with van der Waals surface area (Å²) in [6, 6.07) is 6.78. The van der Waals surface area contributed by atoms with Gasteiger partial charge in [0.05, 0.1) is 6.61 Å². The lowest BCUT2D eigenvalue weighted by Gasteiger charge is -2.12. The molecule has 2 rings (SSSR count). The van der Waals surface area contributed by atoms with Crippen molar-refractivity contribution in [2.24, 2.45) is 12.0 Å². The molecule has 7 nitrogen and oxygen atoms in total. The van der Waals surface area contributed by atoms with Gasteiger partial charge in [0.1, 0.15) is 18.2 Å². The number of aliphatic imine (C=N–C) groups is 1. The summed E-state index contributed by atoms with van der Waals surface area (Å²) < 4.78 is 20.6. The number of nitrogens with one attached hydrogen (secondary N) is 2. The lowest BCUT2D eigenvalue weighted by Crippen LogP contribution is -2.40. The summed E-state index contributed by atoms with van der Waals surface area (Å²) >= 11 is 0. The third kappa shape index (κ3) is 6.87. The Kier molecular flexibility index (Phi) is 10.1. The Bertz CT molecular complexity index is 706. The van der Waals surface area contributed by atoms with Gasteiger partial charge in [0, 0.05) is 27.2 Å². The number of aryl methyl sites for hydroxylation is 1. The van der Waals surface area contributed by atoms with Gasteiger partial charge >= 0.3 is 0 Å². The Morgan fingerprint density at radius 3 is 2.62 bits per heavy atom. The average Bonchev–Trinajstić information content (AvgIpc) is 2.93. The zero-order chi connectivity index (χ0) is 18.1. The second-order valence-corrected chi connectivity index (χ2v) is 5.58. The minimum absolute atomic E-state index is 0. The number of aromatic nitrogens is 3. The van der Waals surface area contributed by atoms with E-state index in [2.05, 4.69) is 25.8 Å². The number of guanidine groups is 1. The fraction of sp³-hybridized carbons (Fsp3) is 0.471. The highest BCUT2D eigenvalue weighted by Gasteiger charge is 2.06. The van der Waals surface area contributed by atoms with Gasteiger partial charge in [-0.2, -0.15) is 0 Å². The van der Waals surface area contributed by atoms with Gasteiger partial charge in [-0.05, 0) is 25.0 Å². The Morgan fingerprint density at radius 1 is 1.23 bits per heavy atom. The van der Waals surface area contributed by atoms with Gasteiger partial charge in [-0.25, -0.2) is 9.38 Å². The van der Waals surface area contributed by atoms with E-state index in [4.69, 9.17) is 4.74 Å². The molecule has 0 saturated heterocycles. The number of hydrogen-bond acceptors (Lipinski definition) is 4. The van der Waals surface area contributed by atoms with Crippen LogP contribution in [0.4, 0.5) is 4.39 Å². The first-order valence-corrected chi connectivity index (χ1v) is 8.21. The maximum absolute atomic E-state index is 13.7. The normalized spacial score (nSPS) is 11.2. The summed E-state index contributed by atoms with van der Waals surface area (Å²) in [5.74, 6) is 2.06. The molecule has 0 fully saturated rings. The summed E-state index contributed by atoms with van der Waals surface area (Å²) in [4.78, 5) is 4.52. The van der Waals surface area contributed by atoms with Gasteiger partial charge in [-0.3, -0.25) is 0 Å². The number of nitrogens with zero attached hydrogens (tertiary/aromatic N) is 4. The molecular weight excluding hydrogens is 450 g/mol. The third-order valence-corrected chi connectivity index (χ3v) is 3.80. The van der Waals surface area contributed by atoms with Crippen LogP contribution in [0.1, 0.15) is 17.2 Å². The second-order valence-electron chi connectivity index (χ2n) is 5.58. The van der Waals surface area contributed by atoms with Crippen LogP contribution in [0.5, 0.6) is 0 Å². The van der Waals surface area contributed by atoms with Crippen molar-refractivity contribution in [1.82, 2.24) is 25.4 Å². The molecule has 144 valence electrons. The van der Waals surface area contributed by atoms with Crippen LogP contribution in [-0.2, 0) is 24.8 Å². The summed E-state index contributed by atoms with van der Waals surface area (Å²) in [6.07, 6.45) is 0.570. The molecule has 1 aromatic carbocycles. The molecule has 0 spiro atoms. The smallest absolute Gasteiger partial charge is 0.191 e. The number of ether oxygens (including phenoxy) is 1. The molecule has 2 N–H and O–H groups in total. The second kappa shape index (κ2) is 11.8. The highest BCUT2D eigenvalue weighted by atomic mass is 127. The maximum Gasteiger partial charge on any atom is 0.191 e. The van der Waals surface area contributed by atoms with E-state index in [9.17, 15) is 4.39 Å². The Labute approximate surface area is 170 Å². The topological polar surface area (TPSA) is 76.4 Å². The van der Waals surface area contributed by atoms with Crippen LogP contribution in [0.15, 0.2) is 29.3 Å². The molecule has 0 saturated carbocycles. The van der Waals surface area contributed by atoms with Crippen molar-refractivity contribution in [3.63, 3.8) is 0 Å². The molecule has 2 aromatic rings. The predicted molar refractivity (Wildman–Crippen MR) is 110 cm³/mol. The van der Waals surface area contributed by atoms with E-state index in [1.54, 1.807) is 19.2 Å². The molecule has 0 amide bonds. The maximum atomic E-state index is 13.7. The van der Waals surface area contributed by atoms with Crippen molar-refractivity contribution in [3.8, 4) is 0 Å². The van der Waals surface area contributed by atoms with Gasteiger partial charge in [-0.1, -0.05) is 18.2 Å². The highest BCUT2D eigenvalue weighted by molar-refractivity contribution is 14.0. The quantitative estimate of drug-likeness (QED) is 0.263. The van der Waals surface area contributed by atoms with Gasteiger partial charge in [0.2, 0.25) is 0 Å². The molecule has 9 heteroatoms. The SMILES string of the molecule is COCCNC(=NCc1nnc(C)n1C)NCCc1ccccc1F.I. The molecule has 26 heavy (non-hydrogen) atoms. The number of methoxy groups -OCH3 is 1. The Hall–Kier alpha value is -1.75. The van der Waals surface area contributed by atoms with Crippen molar-refractivity contribution < 1.29 is 9.13 Å². The monoisotopic (exact) mass is 476 g/mol. The fourth-order valence-corrected chi connectivity index (χ4v) is 2.20. The standard InChI is InChI=1S/C17H25FN6O.HI/c1-13-22-23-16(24(13)2)12-21-17(20-10-11-25-3)19-9-8-14-6-4-5-7-15(14)18;/h4-7H,8-12H2,1-3H3,(H2,19,20,21);1H. The van der Waals surface area contributed by atoms with Gasteiger partial charge in [0.15, 0.2) is 11.8 Å².